The van der Waals surface area contributed by atoms with Crippen molar-refractivity contribution in [3.05, 3.63) is 39.6 Å². The number of anilines is 1. The summed E-state index contributed by atoms with van der Waals surface area (Å²) in [7, 11) is 0. The average Bonchev–Trinajstić information content (AvgIpc) is 3.02. The third kappa shape index (κ3) is 2.85. The Balaban J connectivity index is 1.77. The molecule has 1 aromatic heterocycles. The van der Waals surface area contributed by atoms with Gasteiger partial charge in [0.2, 0.25) is 0 Å². The zero-order valence-electron chi connectivity index (χ0n) is 12.7. The predicted octanol–water partition coefficient (Wildman–Crippen LogP) is 2.99. The van der Waals surface area contributed by atoms with Gasteiger partial charge in [0.05, 0.1) is 18.8 Å². The van der Waals surface area contributed by atoms with Crippen LogP contribution >= 0.6 is 15.9 Å². The molecule has 2 heterocycles. The molecule has 1 saturated heterocycles. The summed E-state index contributed by atoms with van der Waals surface area (Å²) in [6.07, 6.45) is 1.30. The second-order valence-corrected chi connectivity index (χ2v) is 6.38. The lowest BCUT2D eigenvalue weighted by atomic mass is 10.1. The Hall–Kier alpha value is -1.89. The van der Waals surface area contributed by atoms with Gasteiger partial charge in [-0.1, -0.05) is 21.1 Å². The van der Waals surface area contributed by atoms with Crippen LogP contribution in [0.25, 0.3) is 0 Å². The molecule has 7 heteroatoms. The van der Waals surface area contributed by atoms with Crippen molar-refractivity contribution in [3.8, 4) is 0 Å². The Morgan fingerprint density at radius 2 is 2.00 bits per heavy atom. The van der Waals surface area contributed by atoms with E-state index in [0.717, 1.165) is 27.0 Å². The fourth-order valence-electron chi connectivity index (χ4n) is 2.60. The van der Waals surface area contributed by atoms with Crippen molar-refractivity contribution in [1.29, 1.82) is 0 Å². The second kappa shape index (κ2) is 5.72. The molecule has 0 N–H and O–H groups in total. The van der Waals surface area contributed by atoms with Crippen LogP contribution in [0.3, 0.4) is 0 Å². The Labute approximate surface area is 137 Å². The fraction of sp³-hybridized carbons (Fsp3) is 0.400. The maximum Gasteiger partial charge on any atom is 0.414 e. The van der Waals surface area contributed by atoms with Crippen molar-refractivity contribution in [3.63, 3.8) is 0 Å². The first-order chi connectivity index (χ1) is 10.4. The standard InChI is InChI=1S/C15H17BrN4O2/c1-9-4-12(5-10(2)14(9)16)20-8-13(22-15(20)21)7-19-6-11(3)17-18-19/h4-6,13H,7-8H2,1-3H3/t13-/m0/s1. The molecule has 116 valence electrons. The van der Waals surface area contributed by atoms with Gasteiger partial charge in [-0.15, -0.1) is 5.10 Å². The van der Waals surface area contributed by atoms with Crippen LogP contribution in [-0.4, -0.2) is 33.7 Å². The topological polar surface area (TPSA) is 60.2 Å². The van der Waals surface area contributed by atoms with Crippen molar-refractivity contribution in [2.45, 2.75) is 33.4 Å². The van der Waals surface area contributed by atoms with E-state index >= 15 is 0 Å². The van der Waals surface area contributed by atoms with Gasteiger partial charge in [-0.05, 0) is 44.0 Å². The predicted molar refractivity (Wildman–Crippen MR) is 86.0 cm³/mol. The highest BCUT2D eigenvalue weighted by Crippen LogP contribution is 2.29. The van der Waals surface area contributed by atoms with Crippen LogP contribution < -0.4 is 4.90 Å². The van der Waals surface area contributed by atoms with Crippen molar-refractivity contribution in [2.75, 3.05) is 11.4 Å². The third-order valence-electron chi connectivity index (χ3n) is 3.65. The maximum atomic E-state index is 12.1. The van der Waals surface area contributed by atoms with Gasteiger partial charge in [-0.3, -0.25) is 4.90 Å². The normalized spacial score (nSPS) is 17.9. The van der Waals surface area contributed by atoms with Crippen molar-refractivity contribution >= 4 is 27.7 Å². The minimum atomic E-state index is -0.317. The molecule has 3 rings (SSSR count). The van der Waals surface area contributed by atoms with Crippen molar-refractivity contribution in [2.24, 2.45) is 0 Å². The Kier molecular flexibility index (Phi) is 3.90. The smallest absolute Gasteiger partial charge is 0.414 e. The molecule has 0 bridgehead atoms. The van der Waals surface area contributed by atoms with Gasteiger partial charge in [-0.2, -0.15) is 0 Å². The average molecular weight is 365 g/mol. The van der Waals surface area contributed by atoms with Crippen LogP contribution in [0.1, 0.15) is 16.8 Å². The maximum absolute atomic E-state index is 12.1. The lowest BCUT2D eigenvalue weighted by molar-refractivity contribution is 0.129. The Bertz CT molecular complexity index is 705. The molecule has 0 aliphatic carbocycles. The van der Waals surface area contributed by atoms with Crippen molar-refractivity contribution in [1.82, 2.24) is 15.0 Å². The number of amides is 1. The summed E-state index contributed by atoms with van der Waals surface area (Å²) in [5.41, 5.74) is 3.90. The fourth-order valence-corrected chi connectivity index (χ4v) is 2.83. The quantitative estimate of drug-likeness (QED) is 0.839. The van der Waals surface area contributed by atoms with Crippen LogP contribution in [0.5, 0.6) is 0 Å². The summed E-state index contributed by atoms with van der Waals surface area (Å²) in [6, 6.07) is 3.97. The van der Waals surface area contributed by atoms with Gasteiger partial charge in [0.15, 0.2) is 0 Å². The molecule has 0 radical (unpaired) electrons. The largest absolute Gasteiger partial charge is 0.442 e. The molecular formula is C15H17BrN4O2. The first-order valence-electron chi connectivity index (χ1n) is 7.05. The highest BCUT2D eigenvalue weighted by Gasteiger charge is 2.33. The van der Waals surface area contributed by atoms with Crippen molar-refractivity contribution < 1.29 is 9.53 Å². The lowest BCUT2D eigenvalue weighted by Crippen LogP contribution is -2.26. The summed E-state index contributed by atoms with van der Waals surface area (Å²) in [5, 5.41) is 7.93. The number of hydrogen-bond acceptors (Lipinski definition) is 4. The van der Waals surface area contributed by atoms with E-state index in [4.69, 9.17) is 4.74 Å². The van der Waals surface area contributed by atoms with Gasteiger partial charge in [-0.25, -0.2) is 9.48 Å². The van der Waals surface area contributed by atoms with Crippen LogP contribution in [-0.2, 0) is 11.3 Å². The molecule has 22 heavy (non-hydrogen) atoms. The van der Waals surface area contributed by atoms with Gasteiger partial charge < -0.3 is 4.74 Å². The summed E-state index contributed by atoms with van der Waals surface area (Å²) in [5.74, 6) is 0. The molecule has 1 aliphatic heterocycles. The van der Waals surface area contributed by atoms with Gasteiger partial charge in [0.25, 0.3) is 0 Å². The van der Waals surface area contributed by atoms with E-state index in [9.17, 15) is 4.79 Å². The number of nitrogens with zero attached hydrogens (tertiary/aromatic N) is 4. The molecule has 1 aromatic carbocycles. The van der Waals surface area contributed by atoms with E-state index in [1.54, 1.807) is 9.58 Å². The first kappa shape index (κ1) is 15.0. The second-order valence-electron chi connectivity index (χ2n) is 5.59. The summed E-state index contributed by atoms with van der Waals surface area (Å²) < 4.78 is 8.21. The number of rotatable bonds is 3. The lowest BCUT2D eigenvalue weighted by Gasteiger charge is -2.16. The monoisotopic (exact) mass is 364 g/mol. The third-order valence-corrected chi connectivity index (χ3v) is 4.90. The van der Waals surface area contributed by atoms with E-state index in [1.165, 1.54) is 0 Å². The SMILES string of the molecule is Cc1cn(C[C@H]2CN(c3cc(C)c(Br)c(C)c3)C(=O)O2)nn1. The van der Waals surface area contributed by atoms with E-state index in [2.05, 4.69) is 26.2 Å². The number of ether oxygens (including phenoxy) is 1. The van der Waals surface area contributed by atoms with Crippen LogP contribution in [0, 0.1) is 20.8 Å². The first-order valence-corrected chi connectivity index (χ1v) is 7.85. The summed E-state index contributed by atoms with van der Waals surface area (Å²) in [6.45, 7) is 6.93. The molecule has 0 spiro atoms. The number of aromatic nitrogens is 3. The molecule has 1 fully saturated rings. The Morgan fingerprint density at radius 1 is 1.32 bits per heavy atom. The molecule has 1 aliphatic rings. The number of carbonyl (C=O) groups excluding carboxylic acids is 1. The van der Waals surface area contributed by atoms with Gasteiger partial charge in [0, 0.05) is 16.4 Å². The minimum Gasteiger partial charge on any atom is -0.442 e. The number of benzene rings is 1. The van der Waals surface area contributed by atoms with E-state index in [0.29, 0.717) is 13.1 Å². The van der Waals surface area contributed by atoms with E-state index in [-0.39, 0.29) is 12.2 Å². The molecule has 0 unspecified atom stereocenters. The number of carbonyl (C=O) groups is 1. The molecule has 2 aromatic rings. The van der Waals surface area contributed by atoms with Gasteiger partial charge in [0.1, 0.15) is 6.10 Å². The van der Waals surface area contributed by atoms with Crippen LogP contribution in [0.4, 0.5) is 10.5 Å². The molecule has 1 amide bonds. The number of hydrogen-bond donors (Lipinski definition) is 0. The van der Waals surface area contributed by atoms with E-state index in [1.807, 2.05) is 39.1 Å². The van der Waals surface area contributed by atoms with E-state index < -0.39 is 0 Å². The molecular weight excluding hydrogens is 348 g/mol. The number of cyclic esters (lactones) is 1. The zero-order valence-corrected chi connectivity index (χ0v) is 14.3. The number of aryl methyl sites for hydroxylation is 3. The van der Waals surface area contributed by atoms with Crippen LogP contribution in [0.2, 0.25) is 0 Å². The molecule has 1 atom stereocenters. The highest BCUT2D eigenvalue weighted by atomic mass is 79.9. The Morgan fingerprint density at radius 3 is 2.59 bits per heavy atom. The zero-order chi connectivity index (χ0) is 15.9. The van der Waals surface area contributed by atoms with Crippen LogP contribution in [0.15, 0.2) is 22.8 Å². The number of halogens is 1. The summed E-state index contributed by atoms with van der Waals surface area (Å²) in [4.78, 5) is 13.8. The van der Waals surface area contributed by atoms with Gasteiger partial charge >= 0.3 is 6.09 Å². The molecule has 6 nitrogen and oxygen atoms in total. The molecule has 0 saturated carbocycles. The minimum absolute atomic E-state index is 0.224. The highest BCUT2D eigenvalue weighted by molar-refractivity contribution is 9.10. The summed E-state index contributed by atoms with van der Waals surface area (Å²) >= 11 is 3.54.